The van der Waals surface area contributed by atoms with Crippen LogP contribution in [0.1, 0.15) is 0 Å². The number of rotatable bonds is 25. The largest absolute Gasteiger partial charge is 0.394 e. The van der Waals surface area contributed by atoms with E-state index in [1.54, 1.807) is 0 Å². The summed E-state index contributed by atoms with van der Waals surface area (Å²) in [5.41, 5.74) is 0. The van der Waals surface area contributed by atoms with Gasteiger partial charge >= 0.3 is 0 Å². The SMILES string of the molecule is OC[C@H]1O[C@H](O[C@@H]2[C@H](O)[C@@H](O[C@@H]3[C@@H](OC[C@H]4OC(O)[C@@H](O[C@H]5O[C@H](CO)[C@@H](O)[C@H](O)[C@@H]5O[C@H]5O[C@H](CO)[C@@H](O)[C@H](O[C@H]6O[C@H](CO)[C@@H](O)[C@H](O)[C@@H]6O)[C@@H]5O)[C@@H](O)[C@@H]4O)O[C@H](CO[C@H]4O[C@H](CO)[C@@H](O)[C@H](O)[C@@H]4O[C@H]4O[C@H](CO)[C@@H](O)[C@H](O)[C@@H]4O)[C@@H](O)[C@@H]3O)O[C@H](CO)[C@H]2O)[C@@H](O)[C@@H](O)[C@@H]1O. The molecule has 46 heteroatoms. The van der Waals surface area contributed by atoms with E-state index >= 15 is 0 Å². The molecule has 0 radical (unpaired) electrons. The minimum atomic E-state index is -2.47. The predicted molar refractivity (Wildman–Crippen MR) is 297 cm³/mol. The van der Waals surface area contributed by atoms with E-state index < -0.39 is 336 Å². The monoisotopic (exact) mass is 1480 g/mol. The molecule has 9 saturated heterocycles. The third-order valence-electron chi connectivity index (χ3n) is 18.7. The topological polar surface area (TPSA) is 744 Å². The fourth-order valence-corrected chi connectivity index (χ4v) is 12.7. The number of aliphatic hydroxyl groups excluding tert-OH is 29. The molecule has 1 unspecified atom stereocenters. The fourth-order valence-electron chi connectivity index (χ4n) is 12.7. The quantitative estimate of drug-likeness (QED) is 0.0404. The molecule has 9 aliphatic heterocycles. The van der Waals surface area contributed by atoms with Crippen LogP contribution < -0.4 is 0 Å². The van der Waals surface area contributed by atoms with Crippen LogP contribution in [0, 0.1) is 0 Å². The highest BCUT2D eigenvalue weighted by Gasteiger charge is 2.60. The van der Waals surface area contributed by atoms with Crippen molar-refractivity contribution in [1.82, 2.24) is 0 Å². The highest BCUT2D eigenvalue weighted by atomic mass is 16.8. The van der Waals surface area contributed by atoms with Crippen molar-refractivity contribution < 1.29 is 229 Å². The molecular weight excluding hydrogens is 1380 g/mol. The van der Waals surface area contributed by atoms with Gasteiger partial charge in [-0.05, 0) is 0 Å². The minimum Gasteiger partial charge on any atom is -0.394 e. The van der Waals surface area contributed by atoms with Gasteiger partial charge in [-0.1, -0.05) is 0 Å². The average Bonchev–Trinajstić information content (AvgIpc) is 0.811. The Bertz CT molecular complexity index is 2450. The van der Waals surface area contributed by atoms with Crippen LogP contribution in [0.15, 0.2) is 0 Å². The number of hydrogen-bond donors (Lipinski definition) is 29. The second-order valence-electron chi connectivity index (χ2n) is 25.3. The molecule has 29 N–H and O–H groups in total. The summed E-state index contributed by atoms with van der Waals surface area (Å²) in [6, 6.07) is 0. The van der Waals surface area contributed by atoms with Gasteiger partial charge in [0.1, 0.15) is 220 Å². The summed E-state index contributed by atoms with van der Waals surface area (Å²) in [6.45, 7) is -9.30. The maximum atomic E-state index is 12.0. The van der Waals surface area contributed by atoms with Gasteiger partial charge in [0.25, 0.3) is 0 Å². The van der Waals surface area contributed by atoms with Crippen LogP contribution in [0.2, 0.25) is 0 Å². The van der Waals surface area contributed by atoms with E-state index in [1.165, 1.54) is 0 Å². The maximum absolute atomic E-state index is 12.0. The maximum Gasteiger partial charge on any atom is 0.187 e. The van der Waals surface area contributed by atoms with Crippen LogP contribution in [-0.4, -0.2) is 484 Å². The summed E-state index contributed by atoms with van der Waals surface area (Å²) < 4.78 is 96.4. The fraction of sp³-hybridized carbons (Fsp3) is 1.00. The van der Waals surface area contributed by atoms with Crippen LogP contribution in [0.3, 0.4) is 0 Å². The first-order valence-electron chi connectivity index (χ1n) is 31.7. The zero-order valence-corrected chi connectivity index (χ0v) is 52.3. The van der Waals surface area contributed by atoms with Crippen molar-refractivity contribution in [2.45, 2.75) is 276 Å². The van der Waals surface area contributed by atoms with E-state index in [0.717, 1.165) is 0 Å². The standard InChI is InChI=1S/C54H92O46/c55-1-10-19(62)28(71)35(78)47(87-10)95-40-26(69)15(6-60)90-50(38(40)81)99-44-34(77)25(68)18(9-85-52-43(32(75)22(65)13(4-58)92-52)98-49-37(80)30(73)21(64)12(3-57)89-49)94-53(44)84-8-17-24(67)31(74)42(46(83)86-17)97-54-45(33(76)23(66)14(5-59)93-54)100-51-39(82)41(27(70)16(7-61)91-51)96-48-36(79)29(72)20(63)11(2-56)88-48/h10-83H,1-9H2/t10-,11-,12-,13-,14-,15-,16-,17-,18-,19-,20-,21-,22-,23-,24-,25-,26-,27-,28+,29+,30+,31+,32+,33+,34+,35+,36+,37+,38+,39+,40+,41+,42+,43+,44+,45+,46?,47-,48-,49-,50-,51-,52+,53+,54-/m1/s1. The third kappa shape index (κ3) is 17.0. The molecule has 0 amide bonds. The Morgan fingerprint density at radius 2 is 0.380 bits per heavy atom. The number of hydrogen-bond acceptors (Lipinski definition) is 46. The Kier molecular flexibility index (Phi) is 29.2. The lowest BCUT2D eigenvalue weighted by atomic mass is 9.95. The molecule has 0 saturated carbocycles. The molecule has 100 heavy (non-hydrogen) atoms. The molecule has 9 aliphatic rings. The van der Waals surface area contributed by atoms with E-state index in [-0.39, 0.29) is 0 Å². The molecule has 0 aromatic heterocycles. The van der Waals surface area contributed by atoms with Gasteiger partial charge in [0.05, 0.1) is 59.5 Å². The van der Waals surface area contributed by atoms with E-state index in [9.17, 15) is 148 Å². The van der Waals surface area contributed by atoms with Crippen molar-refractivity contribution in [2.24, 2.45) is 0 Å². The summed E-state index contributed by atoms with van der Waals surface area (Å²) in [6.07, 6.45) is -93.1. The van der Waals surface area contributed by atoms with E-state index in [4.69, 9.17) is 80.5 Å². The third-order valence-corrected chi connectivity index (χ3v) is 18.7. The van der Waals surface area contributed by atoms with E-state index in [2.05, 4.69) is 0 Å². The van der Waals surface area contributed by atoms with Gasteiger partial charge in [0.2, 0.25) is 0 Å². The molecule has 0 aliphatic carbocycles. The Balaban J connectivity index is 0.942. The van der Waals surface area contributed by atoms with E-state index in [1.807, 2.05) is 0 Å². The van der Waals surface area contributed by atoms with Crippen LogP contribution in [0.5, 0.6) is 0 Å². The molecule has 0 aromatic carbocycles. The highest BCUT2D eigenvalue weighted by Crippen LogP contribution is 2.39. The summed E-state index contributed by atoms with van der Waals surface area (Å²) in [5.74, 6) is 0. The number of aliphatic hydroxyl groups is 29. The summed E-state index contributed by atoms with van der Waals surface area (Å²) >= 11 is 0. The Hall–Kier alpha value is -1.84. The van der Waals surface area contributed by atoms with Crippen molar-refractivity contribution >= 4 is 0 Å². The second kappa shape index (κ2) is 35.5. The van der Waals surface area contributed by atoms with Gasteiger partial charge < -0.3 is 229 Å². The van der Waals surface area contributed by atoms with Crippen molar-refractivity contribution in [3.8, 4) is 0 Å². The Morgan fingerprint density at radius 3 is 0.700 bits per heavy atom. The normalized spacial score (nSPS) is 53.7. The van der Waals surface area contributed by atoms with Crippen LogP contribution in [0.4, 0.5) is 0 Å². The summed E-state index contributed by atoms with van der Waals surface area (Å²) in [5, 5.41) is 313. The van der Waals surface area contributed by atoms with Crippen LogP contribution in [0.25, 0.3) is 0 Å². The van der Waals surface area contributed by atoms with Gasteiger partial charge in [-0.2, -0.15) is 0 Å². The highest BCUT2D eigenvalue weighted by molar-refractivity contribution is 5.02. The molecular formula is C54H92O46. The molecule has 9 rings (SSSR count). The molecule has 45 atom stereocenters. The first-order chi connectivity index (χ1) is 47.4. The lowest BCUT2D eigenvalue weighted by Gasteiger charge is -2.49. The summed E-state index contributed by atoms with van der Waals surface area (Å²) in [4.78, 5) is 0. The van der Waals surface area contributed by atoms with Crippen molar-refractivity contribution in [3.63, 3.8) is 0 Å². The molecule has 0 spiro atoms. The lowest BCUT2D eigenvalue weighted by Crippen LogP contribution is -2.68. The zero-order valence-electron chi connectivity index (χ0n) is 52.3. The molecule has 46 nitrogen and oxygen atoms in total. The summed E-state index contributed by atoms with van der Waals surface area (Å²) in [7, 11) is 0. The van der Waals surface area contributed by atoms with Gasteiger partial charge in [-0.15, -0.1) is 0 Å². The molecule has 9 fully saturated rings. The van der Waals surface area contributed by atoms with Gasteiger partial charge in [-0.3, -0.25) is 0 Å². The smallest absolute Gasteiger partial charge is 0.187 e. The van der Waals surface area contributed by atoms with Crippen molar-refractivity contribution in [3.05, 3.63) is 0 Å². The molecule has 0 aromatic rings. The van der Waals surface area contributed by atoms with Crippen molar-refractivity contribution in [1.29, 1.82) is 0 Å². The number of ether oxygens (including phenoxy) is 17. The first-order valence-corrected chi connectivity index (χ1v) is 31.7. The first kappa shape index (κ1) is 82.2. The second-order valence-corrected chi connectivity index (χ2v) is 25.3. The average molecular weight is 1480 g/mol. The van der Waals surface area contributed by atoms with Crippen LogP contribution >= 0.6 is 0 Å². The van der Waals surface area contributed by atoms with E-state index in [0.29, 0.717) is 0 Å². The lowest BCUT2D eigenvalue weighted by molar-refractivity contribution is -0.402. The minimum absolute atomic E-state index is 0.934. The predicted octanol–water partition coefficient (Wildman–Crippen LogP) is -20.6. The molecule has 584 valence electrons. The van der Waals surface area contributed by atoms with Gasteiger partial charge in [0.15, 0.2) is 56.6 Å². The van der Waals surface area contributed by atoms with Crippen LogP contribution in [-0.2, 0) is 80.5 Å². The Labute approximate surface area is 563 Å². The molecule has 0 bridgehead atoms. The van der Waals surface area contributed by atoms with Gasteiger partial charge in [-0.25, -0.2) is 0 Å². The Morgan fingerprint density at radius 1 is 0.170 bits per heavy atom. The molecule has 9 heterocycles. The van der Waals surface area contributed by atoms with Crippen molar-refractivity contribution in [2.75, 3.05) is 59.5 Å². The zero-order chi connectivity index (χ0) is 73.4. The van der Waals surface area contributed by atoms with Gasteiger partial charge in [0, 0.05) is 0 Å².